The lowest BCUT2D eigenvalue weighted by Gasteiger charge is -2.16. The van der Waals surface area contributed by atoms with Crippen molar-refractivity contribution in [3.8, 4) is 5.75 Å². The number of hydrogen-bond acceptors (Lipinski definition) is 4. The number of methoxy groups -OCH3 is 1. The van der Waals surface area contributed by atoms with Crippen LogP contribution in [0.15, 0.2) is 18.2 Å². The number of aldehydes is 1. The van der Waals surface area contributed by atoms with Crippen LogP contribution >= 0.6 is 11.6 Å². The van der Waals surface area contributed by atoms with Gasteiger partial charge in [-0.05, 0) is 17.7 Å². The van der Waals surface area contributed by atoms with E-state index in [0.717, 1.165) is 0 Å². The van der Waals surface area contributed by atoms with Crippen LogP contribution in [0.1, 0.15) is 22.0 Å². The van der Waals surface area contributed by atoms with Crippen molar-refractivity contribution < 1.29 is 19.7 Å². The summed E-state index contributed by atoms with van der Waals surface area (Å²) in [5, 5.41) is 19.0. The third kappa shape index (κ3) is 2.72. The van der Waals surface area contributed by atoms with Gasteiger partial charge in [0.05, 0.1) is 24.7 Å². The molecule has 1 aromatic carbocycles. The molecule has 0 saturated heterocycles. The molecule has 0 spiro atoms. The van der Waals surface area contributed by atoms with Gasteiger partial charge >= 0.3 is 0 Å². The zero-order valence-corrected chi connectivity index (χ0v) is 9.52. The van der Waals surface area contributed by atoms with E-state index >= 15 is 0 Å². The number of alkyl halides is 1. The van der Waals surface area contributed by atoms with Crippen LogP contribution in [0.25, 0.3) is 0 Å². The quantitative estimate of drug-likeness (QED) is 0.602. The molecule has 0 bridgehead atoms. The first-order valence-electron chi connectivity index (χ1n) is 4.69. The van der Waals surface area contributed by atoms with Gasteiger partial charge in [0.2, 0.25) is 0 Å². The summed E-state index contributed by atoms with van der Waals surface area (Å²) in [6.45, 7) is 0. The lowest BCUT2D eigenvalue weighted by atomic mass is 10.0. The first-order valence-corrected chi connectivity index (χ1v) is 5.22. The largest absolute Gasteiger partial charge is 0.496 e. The molecule has 2 N–H and O–H groups in total. The van der Waals surface area contributed by atoms with Crippen LogP contribution in [-0.2, 0) is 0 Å². The average molecular weight is 245 g/mol. The Morgan fingerprint density at radius 3 is 2.69 bits per heavy atom. The Kier molecular flexibility index (Phi) is 4.73. The molecule has 88 valence electrons. The van der Waals surface area contributed by atoms with Gasteiger partial charge in [-0.1, -0.05) is 6.07 Å². The third-order valence-electron chi connectivity index (χ3n) is 2.24. The first-order chi connectivity index (χ1) is 7.63. The fourth-order valence-corrected chi connectivity index (χ4v) is 1.50. The number of halogens is 1. The van der Waals surface area contributed by atoms with E-state index in [1.54, 1.807) is 12.1 Å². The van der Waals surface area contributed by atoms with Crippen LogP contribution < -0.4 is 4.74 Å². The number of ether oxygens (including phenoxy) is 1. The minimum Gasteiger partial charge on any atom is -0.496 e. The molecular weight excluding hydrogens is 232 g/mol. The normalized spacial score (nSPS) is 14.2. The molecule has 4 nitrogen and oxygen atoms in total. The van der Waals surface area contributed by atoms with E-state index in [-0.39, 0.29) is 5.88 Å². The predicted octanol–water partition coefficient (Wildman–Crippen LogP) is 1.14. The zero-order chi connectivity index (χ0) is 12.1. The summed E-state index contributed by atoms with van der Waals surface area (Å²) in [6, 6.07) is 4.60. The molecule has 16 heavy (non-hydrogen) atoms. The van der Waals surface area contributed by atoms with E-state index in [0.29, 0.717) is 23.2 Å². The van der Waals surface area contributed by atoms with E-state index in [1.165, 1.54) is 13.2 Å². The number of carbonyl (C=O) groups is 1. The van der Waals surface area contributed by atoms with Crippen molar-refractivity contribution >= 4 is 17.9 Å². The maximum Gasteiger partial charge on any atom is 0.153 e. The molecule has 0 radical (unpaired) electrons. The SMILES string of the molecule is COc1ccc(C(O)C(O)CCl)cc1C=O. The Hall–Kier alpha value is -1.10. The predicted molar refractivity (Wildman–Crippen MR) is 60.1 cm³/mol. The maximum atomic E-state index is 10.8. The molecule has 0 aliphatic heterocycles. The van der Waals surface area contributed by atoms with Crippen LogP contribution in [0.4, 0.5) is 0 Å². The van der Waals surface area contributed by atoms with Crippen molar-refractivity contribution in [2.45, 2.75) is 12.2 Å². The van der Waals surface area contributed by atoms with Crippen molar-refractivity contribution in [1.29, 1.82) is 0 Å². The highest BCUT2D eigenvalue weighted by molar-refractivity contribution is 6.18. The highest BCUT2D eigenvalue weighted by Crippen LogP contribution is 2.24. The molecule has 0 saturated carbocycles. The van der Waals surface area contributed by atoms with Crippen molar-refractivity contribution in [1.82, 2.24) is 0 Å². The highest BCUT2D eigenvalue weighted by atomic mass is 35.5. The Morgan fingerprint density at radius 2 is 2.19 bits per heavy atom. The molecule has 2 unspecified atom stereocenters. The van der Waals surface area contributed by atoms with Gasteiger partial charge in [-0.3, -0.25) is 4.79 Å². The third-order valence-corrected chi connectivity index (χ3v) is 2.56. The number of rotatable bonds is 5. The number of aliphatic hydroxyl groups is 2. The van der Waals surface area contributed by atoms with Crippen molar-refractivity contribution in [2.75, 3.05) is 13.0 Å². The van der Waals surface area contributed by atoms with Crippen molar-refractivity contribution in [2.24, 2.45) is 0 Å². The number of hydrogen-bond donors (Lipinski definition) is 2. The molecule has 1 aromatic rings. The van der Waals surface area contributed by atoms with Gasteiger partial charge in [0.1, 0.15) is 11.9 Å². The lowest BCUT2D eigenvalue weighted by Crippen LogP contribution is -2.19. The van der Waals surface area contributed by atoms with Gasteiger partial charge < -0.3 is 14.9 Å². The van der Waals surface area contributed by atoms with Crippen LogP contribution in [0, 0.1) is 0 Å². The van der Waals surface area contributed by atoms with Gasteiger partial charge in [-0.15, -0.1) is 11.6 Å². The number of carbonyl (C=O) groups excluding carboxylic acids is 1. The van der Waals surface area contributed by atoms with Crippen LogP contribution in [0.5, 0.6) is 5.75 Å². The summed E-state index contributed by atoms with van der Waals surface area (Å²) in [7, 11) is 1.45. The fraction of sp³-hybridized carbons (Fsp3) is 0.364. The summed E-state index contributed by atoms with van der Waals surface area (Å²) < 4.78 is 4.96. The second kappa shape index (κ2) is 5.84. The van der Waals surface area contributed by atoms with E-state index in [4.69, 9.17) is 16.3 Å². The first kappa shape index (κ1) is 13.0. The topological polar surface area (TPSA) is 66.8 Å². The summed E-state index contributed by atoms with van der Waals surface area (Å²) in [6.07, 6.45) is -1.54. The Balaban J connectivity index is 3.03. The molecule has 0 aromatic heterocycles. The molecule has 2 atom stereocenters. The Morgan fingerprint density at radius 1 is 1.50 bits per heavy atom. The van der Waals surface area contributed by atoms with Crippen LogP contribution in [0.3, 0.4) is 0 Å². The van der Waals surface area contributed by atoms with Gasteiger partial charge in [0.15, 0.2) is 6.29 Å². The maximum absolute atomic E-state index is 10.8. The van der Waals surface area contributed by atoms with Crippen molar-refractivity contribution in [3.05, 3.63) is 29.3 Å². The molecule has 1 rings (SSSR count). The van der Waals surface area contributed by atoms with Gasteiger partial charge in [-0.2, -0.15) is 0 Å². The summed E-state index contributed by atoms with van der Waals surface area (Å²) >= 11 is 5.42. The zero-order valence-electron chi connectivity index (χ0n) is 8.76. The van der Waals surface area contributed by atoms with Gasteiger partial charge in [-0.25, -0.2) is 0 Å². The second-order valence-corrected chi connectivity index (χ2v) is 3.59. The molecule has 0 heterocycles. The average Bonchev–Trinajstić information content (AvgIpc) is 2.35. The van der Waals surface area contributed by atoms with Gasteiger partial charge in [0, 0.05) is 0 Å². The molecule has 5 heteroatoms. The Bertz CT molecular complexity index is 367. The van der Waals surface area contributed by atoms with Gasteiger partial charge in [0.25, 0.3) is 0 Å². The second-order valence-electron chi connectivity index (χ2n) is 3.29. The van der Waals surface area contributed by atoms with Crippen LogP contribution in [0.2, 0.25) is 0 Å². The summed E-state index contributed by atoms with van der Waals surface area (Å²) in [4.78, 5) is 10.8. The number of aliphatic hydroxyl groups excluding tert-OH is 2. The highest BCUT2D eigenvalue weighted by Gasteiger charge is 2.18. The smallest absolute Gasteiger partial charge is 0.153 e. The molecule has 0 amide bonds. The molecule has 0 aliphatic carbocycles. The molecular formula is C11H13ClO4. The van der Waals surface area contributed by atoms with E-state index < -0.39 is 12.2 Å². The fourth-order valence-electron chi connectivity index (χ4n) is 1.34. The minimum absolute atomic E-state index is 0.0797. The minimum atomic E-state index is -1.11. The number of benzene rings is 1. The van der Waals surface area contributed by atoms with Crippen molar-refractivity contribution in [3.63, 3.8) is 0 Å². The van der Waals surface area contributed by atoms with E-state index in [9.17, 15) is 15.0 Å². The van der Waals surface area contributed by atoms with Crippen LogP contribution in [-0.4, -0.2) is 35.6 Å². The summed E-state index contributed by atoms with van der Waals surface area (Å²) in [5.41, 5.74) is 0.747. The monoisotopic (exact) mass is 244 g/mol. The van der Waals surface area contributed by atoms with E-state index in [1.807, 2.05) is 0 Å². The molecule has 0 aliphatic rings. The lowest BCUT2D eigenvalue weighted by molar-refractivity contribution is 0.0326. The standard InChI is InChI=1S/C11H13ClO4/c1-16-10-3-2-7(4-8(10)6-13)11(15)9(14)5-12/h2-4,6,9,11,14-15H,5H2,1H3. The van der Waals surface area contributed by atoms with E-state index in [2.05, 4.69) is 0 Å². The summed E-state index contributed by atoms with van der Waals surface area (Å²) in [5.74, 6) is 0.343. The molecule has 0 fully saturated rings. The Labute approximate surface area is 98.4 Å².